The molecule has 1 heterocycles. The maximum absolute atomic E-state index is 2.66. The summed E-state index contributed by atoms with van der Waals surface area (Å²) in [5, 5.41) is 4.06. The molecule has 1 aliphatic heterocycles. The third-order valence-electron chi connectivity index (χ3n) is 12.1. The molecule has 0 unspecified atom stereocenters. The van der Waals surface area contributed by atoms with E-state index in [9.17, 15) is 0 Å². The Morgan fingerprint density at radius 2 is 0.596 bits per heavy atom. The predicted molar refractivity (Wildman–Crippen MR) is 220 cm³/mol. The van der Waals surface area contributed by atoms with Gasteiger partial charge in [-0.2, -0.15) is 0 Å². The minimum absolute atomic E-state index is 1.37. The highest BCUT2D eigenvalue weighted by Gasteiger charge is 2.43. The van der Waals surface area contributed by atoms with E-state index in [4.69, 9.17) is 0 Å². The topological polar surface area (TPSA) is 0 Å². The molecule has 0 amide bonds. The van der Waals surface area contributed by atoms with Crippen LogP contribution in [-0.2, 0) is 0 Å². The Labute approximate surface area is 300 Å². The Morgan fingerprint density at radius 3 is 0.936 bits per heavy atom. The number of rotatable bonds is 36. The minimum Gasteiger partial charge on any atom is -0.0758 e. The van der Waals surface area contributed by atoms with Crippen LogP contribution in [0.25, 0.3) is 0 Å². The summed E-state index contributed by atoms with van der Waals surface area (Å²) in [6, 6.07) is 3.16. The van der Waals surface area contributed by atoms with Crippen LogP contribution in [0, 0.1) is 0 Å². The van der Waals surface area contributed by atoms with Crippen LogP contribution in [0.15, 0.2) is 21.5 Å². The molecule has 0 saturated heterocycles. The van der Waals surface area contributed by atoms with Gasteiger partial charge in [0.05, 0.1) is 0 Å². The molecule has 1 aliphatic rings. The molecule has 278 valence electrons. The zero-order valence-corrected chi connectivity index (χ0v) is 35.0. The van der Waals surface area contributed by atoms with Gasteiger partial charge in [0.1, 0.15) is 8.07 Å². The number of hydrogen-bond acceptors (Lipinski definition) is 0. The van der Waals surface area contributed by atoms with E-state index in [1.807, 2.05) is 10.8 Å². The van der Waals surface area contributed by atoms with Crippen molar-refractivity contribution in [3.63, 3.8) is 0 Å². The van der Waals surface area contributed by atoms with Gasteiger partial charge in [-0.25, -0.2) is 0 Å². The average Bonchev–Trinajstić information content (AvgIpc) is 3.26. The standard InChI is InChI=1S/C46H90Si/c1-7-11-15-19-23-27-31-35-39-45-43(5)44(6)47(41-37-33-29-25-21-17-13-9-3,42-38-34-30-26-22-18-14-10-4)46(45)40-36-32-28-24-20-16-12-8-2/h7-42H2,1-6H3. The van der Waals surface area contributed by atoms with Crippen molar-refractivity contribution >= 4 is 8.07 Å². The summed E-state index contributed by atoms with van der Waals surface area (Å²) in [5.41, 5.74) is 3.72. The van der Waals surface area contributed by atoms with Gasteiger partial charge < -0.3 is 0 Å². The van der Waals surface area contributed by atoms with Crippen molar-refractivity contribution < 1.29 is 0 Å². The molecule has 0 N–H and O–H groups in total. The first-order valence-electron chi connectivity index (χ1n) is 22.5. The lowest BCUT2D eigenvalue weighted by molar-refractivity contribution is 0.571. The Bertz CT molecular complexity index is 737. The summed E-state index contributed by atoms with van der Waals surface area (Å²) in [7, 11) is -1.57. The average molecular weight is 671 g/mol. The van der Waals surface area contributed by atoms with Crippen LogP contribution < -0.4 is 0 Å². The number of hydrogen-bond donors (Lipinski definition) is 0. The van der Waals surface area contributed by atoms with Crippen molar-refractivity contribution in [1.82, 2.24) is 0 Å². The highest BCUT2D eigenvalue weighted by molar-refractivity contribution is 6.93. The lowest BCUT2D eigenvalue weighted by atomic mass is 9.97. The van der Waals surface area contributed by atoms with Gasteiger partial charge in [-0.15, -0.1) is 0 Å². The van der Waals surface area contributed by atoms with E-state index in [1.54, 1.807) is 17.7 Å². The maximum atomic E-state index is 2.66. The quantitative estimate of drug-likeness (QED) is 0.0460. The van der Waals surface area contributed by atoms with Crippen LogP contribution in [0.3, 0.4) is 0 Å². The fraction of sp³-hybridized carbons (Fsp3) is 0.913. The molecule has 0 aliphatic carbocycles. The third kappa shape index (κ3) is 20.2. The number of unbranched alkanes of at least 4 members (excludes halogenated alkanes) is 28. The molecule has 1 heteroatoms. The van der Waals surface area contributed by atoms with Crippen LogP contribution >= 0.6 is 0 Å². The number of allylic oxidation sites excluding steroid dienone is 4. The van der Waals surface area contributed by atoms with Crippen molar-refractivity contribution in [3.8, 4) is 0 Å². The lowest BCUT2D eigenvalue weighted by Crippen LogP contribution is -2.37. The predicted octanol–water partition coefficient (Wildman–Crippen LogP) is 17.5. The molecule has 0 aromatic rings. The summed E-state index contributed by atoms with van der Waals surface area (Å²) in [4.78, 5) is 0. The summed E-state index contributed by atoms with van der Waals surface area (Å²) >= 11 is 0. The molecule has 1 rings (SSSR count). The second kappa shape index (κ2) is 31.7. The summed E-state index contributed by atoms with van der Waals surface area (Å²) < 4.78 is 0. The van der Waals surface area contributed by atoms with E-state index >= 15 is 0 Å². The SMILES string of the molecule is CCCCCCCCCCC1=C(CCCCCCCCCC)[Si](CCCCCCCCCC)(CCCCCCCCCC)C(C)=C1C. The van der Waals surface area contributed by atoms with Gasteiger partial charge in [-0.3, -0.25) is 0 Å². The zero-order chi connectivity index (χ0) is 34.3. The van der Waals surface area contributed by atoms with E-state index in [0.717, 1.165) is 0 Å². The Morgan fingerprint density at radius 1 is 0.319 bits per heavy atom. The van der Waals surface area contributed by atoms with Crippen molar-refractivity contribution in [2.75, 3.05) is 0 Å². The van der Waals surface area contributed by atoms with Gasteiger partial charge in [0.25, 0.3) is 0 Å². The lowest BCUT2D eigenvalue weighted by Gasteiger charge is -2.34. The van der Waals surface area contributed by atoms with Gasteiger partial charge in [0.15, 0.2) is 0 Å². The molecule has 0 fully saturated rings. The van der Waals surface area contributed by atoms with Gasteiger partial charge in [0.2, 0.25) is 0 Å². The largest absolute Gasteiger partial charge is 0.109 e. The molecule has 0 atom stereocenters. The highest BCUT2D eigenvalue weighted by Crippen LogP contribution is 2.49. The van der Waals surface area contributed by atoms with Crippen molar-refractivity contribution in [2.45, 2.75) is 272 Å². The molecule has 0 bridgehead atoms. The van der Waals surface area contributed by atoms with E-state index in [1.165, 1.54) is 218 Å². The molecule has 0 aromatic carbocycles. The molecular weight excluding hydrogens is 581 g/mol. The van der Waals surface area contributed by atoms with E-state index in [2.05, 4.69) is 46.7 Å². The molecular formula is C46H90Si. The molecule has 0 spiro atoms. The van der Waals surface area contributed by atoms with E-state index in [0.29, 0.717) is 0 Å². The summed E-state index contributed by atoms with van der Waals surface area (Å²) in [5.74, 6) is 0. The van der Waals surface area contributed by atoms with E-state index < -0.39 is 8.07 Å². The van der Waals surface area contributed by atoms with Crippen LogP contribution in [0.5, 0.6) is 0 Å². The first-order chi connectivity index (χ1) is 23.1. The highest BCUT2D eigenvalue weighted by atomic mass is 28.3. The van der Waals surface area contributed by atoms with Crippen LogP contribution in [0.4, 0.5) is 0 Å². The van der Waals surface area contributed by atoms with Crippen molar-refractivity contribution in [3.05, 3.63) is 21.5 Å². The summed E-state index contributed by atoms with van der Waals surface area (Å²) in [6.07, 6.45) is 49.4. The fourth-order valence-electron chi connectivity index (χ4n) is 8.85. The van der Waals surface area contributed by atoms with Gasteiger partial charge >= 0.3 is 0 Å². The molecule has 0 saturated carbocycles. The first-order valence-corrected chi connectivity index (χ1v) is 24.9. The molecule has 0 radical (unpaired) electrons. The Balaban J connectivity index is 2.98. The van der Waals surface area contributed by atoms with Crippen LogP contribution in [0.2, 0.25) is 12.1 Å². The zero-order valence-electron chi connectivity index (χ0n) is 34.0. The monoisotopic (exact) mass is 671 g/mol. The third-order valence-corrected chi connectivity index (χ3v) is 18.1. The second-order valence-corrected chi connectivity index (χ2v) is 20.7. The van der Waals surface area contributed by atoms with Crippen molar-refractivity contribution in [1.29, 1.82) is 0 Å². The van der Waals surface area contributed by atoms with E-state index in [-0.39, 0.29) is 0 Å². The first kappa shape index (κ1) is 44.7. The second-order valence-electron chi connectivity index (χ2n) is 16.2. The molecule has 47 heavy (non-hydrogen) atoms. The van der Waals surface area contributed by atoms with Crippen LogP contribution in [0.1, 0.15) is 260 Å². The van der Waals surface area contributed by atoms with Gasteiger partial charge in [0, 0.05) is 0 Å². The Kier molecular flexibility index (Phi) is 30.1. The molecule has 0 aromatic heterocycles. The van der Waals surface area contributed by atoms with Crippen LogP contribution in [-0.4, -0.2) is 8.07 Å². The molecule has 0 nitrogen and oxygen atoms in total. The maximum Gasteiger partial charge on any atom is 0.109 e. The normalized spacial score (nSPS) is 14.7. The Hall–Kier alpha value is -0.303. The minimum atomic E-state index is -1.57. The fourth-order valence-corrected chi connectivity index (χ4v) is 15.0. The smallest absolute Gasteiger partial charge is 0.0758 e. The summed E-state index contributed by atoms with van der Waals surface area (Å²) in [6.45, 7) is 14.6. The van der Waals surface area contributed by atoms with Crippen molar-refractivity contribution in [2.24, 2.45) is 0 Å². The van der Waals surface area contributed by atoms with Gasteiger partial charge in [-0.05, 0) is 57.2 Å². The van der Waals surface area contributed by atoms with Gasteiger partial charge in [-0.1, -0.05) is 236 Å².